The molecule has 0 saturated heterocycles. The van der Waals surface area contributed by atoms with E-state index in [1.807, 2.05) is 0 Å². The van der Waals surface area contributed by atoms with Crippen LogP contribution in [-0.2, 0) is 6.42 Å². The zero-order valence-corrected chi connectivity index (χ0v) is 12.8. The largest absolute Gasteiger partial charge is 0.448 e. The van der Waals surface area contributed by atoms with Crippen molar-refractivity contribution in [1.82, 2.24) is 4.98 Å². The van der Waals surface area contributed by atoms with E-state index in [-0.39, 0.29) is 0 Å². The van der Waals surface area contributed by atoms with E-state index in [2.05, 4.69) is 53.5 Å². The zero-order chi connectivity index (χ0) is 15.2. The number of hydrogen-bond acceptors (Lipinski definition) is 2. The fourth-order valence-electron chi connectivity index (χ4n) is 4.07. The van der Waals surface area contributed by atoms with Gasteiger partial charge in [0.25, 0.3) is 0 Å². The Morgan fingerprint density at radius 3 is 2.74 bits per heavy atom. The van der Waals surface area contributed by atoms with Crippen LogP contribution in [0, 0.1) is 0 Å². The van der Waals surface area contributed by atoms with Gasteiger partial charge in [0.2, 0.25) is 5.89 Å². The Balaban J connectivity index is 1.79. The van der Waals surface area contributed by atoms with E-state index >= 15 is 0 Å². The molecule has 2 nitrogen and oxygen atoms in total. The van der Waals surface area contributed by atoms with Crippen molar-refractivity contribution in [2.75, 3.05) is 0 Å². The Bertz CT molecular complexity index is 1000. The first-order valence-corrected chi connectivity index (χ1v) is 8.24. The molecular weight excluding hydrogens is 282 g/mol. The quantitative estimate of drug-likeness (QED) is 0.437. The summed E-state index contributed by atoms with van der Waals surface area (Å²) in [6.45, 7) is 0. The smallest absolute Gasteiger partial charge is 0.201 e. The topological polar surface area (TPSA) is 26.0 Å². The molecule has 1 unspecified atom stereocenters. The third kappa shape index (κ3) is 1.91. The first-order valence-electron chi connectivity index (χ1n) is 8.24. The van der Waals surface area contributed by atoms with Crippen molar-refractivity contribution in [3.05, 3.63) is 78.0 Å². The fraction of sp³-hybridized carbons (Fsp3) is 0.190. The van der Waals surface area contributed by atoms with Crippen molar-refractivity contribution in [1.29, 1.82) is 0 Å². The normalized spacial score (nSPS) is 17.5. The van der Waals surface area contributed by atoms with Gasteiger partial charge in [-0.25, -0.2) is 4.98 Å². The number of aryl methyl sites for hydroxylation is 1. The molecule has 0 N–H and O–H groups in total. The van der Waals surface area contributed by atoms with Gasteiger partial charge in [0.1, 0.15) is 6.26 Å². The molecule has 1 atom stereocenters. The number of hydrogen-bond donors (Lipinski definition) is 0. The Labute approximate surface area is 134 Å². The molecule has 112 valence electrons. The standard InChI is InChI=1S/C21H17NO/c1-2-5-15-14(4-1)8-9-18-16-6-3-7-20(21-22-12-13-23-21)19(16)11-10-17(15)18/h1-2,4-5,8-13,20H,3,6-7H2. The maximum absolute atomic E-state index is 5.60. The van der Waals surface area contributed by atoms with E-state index in [9.17, 15) is 0 Å². The molecular formula is C21H17NO. The molecule has 0 saturated carbocycles. The molecule has 0 aliphatic heterocycles. The van der Waals surface area contributed by atoms with Gasteiger partial charge in [-0.15, -0.1) is 0 Å². The minimum atomic E-state index is 0.296. The molecule has 0 spiro atoms. The van der Waals surface area contributed by atoms with Gasteiger partial charge in [0.15, 0.2) is 0 Å². The fourth-order valence-corrected chi connectivity index (χ4v) is 4.07. The van der Waals surface area contributed by atoms with Gasteiger partial charge in [-0.3, -0.25) is 0 Å². The second-order valence-electron chi connectivity index (χ2n) is 6.33. The third-order valence-electron chi connectivity index (χ3n) is 5.12. The van der Waals surface area contributed by atoms with E-state index in [1.54, 1.807) is 12.5 Å². The Morgan fingerprint density at radius 2 is 1.83 bits per heavy atom. The van der Waals surface area contributed by atoms with Crippen molar-refractivity contribution in [3.8, 4) is 0 Å². The van der Waals surface area contributed by atoms with E-state index in [1.165, 1.54) is 39.1 Å². The van der Waals surface area contributed by atoms with Crippen molar-refractivity contribution >= 4 is 21.5 Å². The molecule has 0 fully saturated rings. The monoisotopic (exact) mass is 299 g/mol. The molecule has 1 aromatic heterocycles. The van der Waals surface area contributed by atoms with E-state index in [4.69, 9.17) is 4.42 Å². The highest BCUT2D eigenvalue weighted by Gasteiger charge is 2.26. The average Bonchev–Trinajstić information content (AvgIpc) is 3.15. The van der Waals surface area contributed by atoms with Crippen LogP contribution in [-0.4, -0.2) is 4.98 Å². The number of nitrogens with zero attached hydrogens (tertiary/aromatic N) is 1. The van der Waals surface area contributed by atoms with E-state index in [0.29, 0.717) is 5.92 Å². The van der Waals surface area contributed by atoms with Crippen LogP contribution in [0.4, 0.5) is 0 Å². The number of fused-ring (bicyclic) bond motifs is 5. The maximum atomic E-state index is 5.60. The van der Waals surface area contributed by atoms with Gasteiger partial charge >= 0.3 is 0 Å². The average molecular weight is 299 g/mol. The van der Waals surface area contributed by atoms with Crippen LogP contribution in [0.25, 0.3) is 21.5 Å². The van der Waals surface area contributed by atoms with Crippen LogP contribution >= 0.6 is 0 Å². The van der Waals surface area contributed by atoms with Gasteiger partial charge in [-0.2, -0.15) is 0 Å². The Hall–Kier alpha value is -2.61. The van der Waals surface area contributed by atoms with Gasteiger partial charge in [-0.05, 0) is 51.9 Å². The summed E-state index contributed by atoms with van der Waals surface area (Å²) >= 11 is 0. The summed E-state index contributed by atoms with van der Waals surface area (Å²) in [5, 5.41) is 5.39. The van der Waals surface area contributed by atoms with Crippen LogP contribution < -0.4 is 0 Å². The molecule has 1 aliphatic carbocycles. The summed E-state index contributed by atoms with van der Waals surface area (Å²) < 4.78 is 5.60. The lowest BCUT2D eigenvalue weighted by atomic mass is 9.80. The Morgan fingerprint density at radius 1 is 0.913 bits per heavy atom. The number of aromatic nitrogens is 1. The molecule has 3 aromatic carbocycles. The van der Waals surface area contributed by atoms with Crippen LogP contribution in [0.15, 0.2) is 65.4 Å². The van der Waals surface area contributed by atoms with Crippen LogP contribution in [0.5, 0.6) is 0 Å². The van der Waals surface area contributed by atoms with Crippen LogP contribution in [0.3, 0.4) is 0 Å². The summed E-state index contributed by atoms with van der Waals surface area (Å²) in [6, 6.07) is 17.7. The van der Waals surface area contributed by atoms with E-state index in [0.717, 1.165) is 18.7 Å². The van der Waals surface area contributed by atoms with Crippen molar-refractivity contribution in [3.63, 3.8) is 0 Å². The predicted octanol–water partition coefficient (Wildman–Crippen LogP) is 5.45. The van der Waals surface area contributed by atoms with Crippen molar-refractivity contribution < 1.29 is 4.42 Å². The number of rotatable bonds is 1. The van der Waals surface area contributed by atoms with Gasteiger partial charge in [0.05, 0.1) is 12.1 Å². The molecule has 0 radical (unpaired) electrons. The second kappa shape index (κ2) is 4.95. The lowest BCUT2D eigenvalue weighted by Crippen LogP contribution is -2.11. The first kappa shape index (κ1) is 12.9. The second-order valence-corrected chi connectivity index (χ2v) is 6.33. The predicted molar refractivity (Wildman–Crippen MR) is 92.7 cm³/mol. The summed E-state index contributed by atoms with van der Waals surface area (Å²) in [5.74, 6) is 1.15. The summed E-state index contributed by atoms with van der Waals surface area (Å²) in [4.78, 5) is 4.40. The first-order chi connectivity index (χ1) is 11.4. The summed E-state index contributed by atoms with van der Waals surface area (Å²) in [5.41, 5.74) is 2.86. The van der Waals surface area contributed by atoms with Crippen LogP contribution in [0.1, 0.15) is 35.8 Å². The van der Waals surface area contributed by atoms with E-state index < -0.39 is 0 Å². The maximum Gasteiger partial charge on any atom is 0.201 e. The molecule has 2 heteroatoms. The summed E-state index contributed by atoms with van der Waals surface area (Å²) in [6.07, 6.45) is 6.87. The minimum Gasteiger partial charge on any atom is -0.448 e. The van der Waals surface area contributed by atoms with Gasteiger partial charge in [0, 0.05) is 0 Å². The Kier molecular flexibility index (Phi) is 2.77. The molecule has 4 aromatic rings. The molecule has 5 rings (SSSR count). The highest BCUT2D eigenvalue weighted by molar-refractivity contribution is 6.08. The number of benzene rings is 3. The summed E-state index contributed by atoms with van der Waals surface area (Å²) in [7, 11) is 0. The van der Waals surface area contributed by atoms with Gasteiger partial charge < -0.3 is 4.42 Å². The highest BCUT2D eigenvalue weighted by atomic mass is 16.3. The van der Waals surface area contributed by atoms with Gasteiger partial charge in [-0.1, -0.05) is 48.5 Å². The minimum absolute atomic E-state index is 0.296. The molecule has 0 amide bonds. The molecule has 1 aliphatic rings. The molecule has 1 heterocycles. The molecule has 23 heavy (non-hydrogen) atoms. The number of oxazole rings is 1. The lowest BCUT2D eigenvalue weighted by Gasteiger charge is -2.25. The third-order valence-corrected chi connectivity index (χ3v) is 5.12. The molecule has 0 bridgehead atoms. The SMILES string of the molecule is c1ccc2c(c1)ccc1c3c(ccc12)C(c1ncco1)CCC3. The highest BCUT2D eigenvalue weighted by Crippen LogP contribution is 2.40. The lowest BCUT2D eigenvalue weighted by molar-refractivity contribution is 0.443. The zero-order valence-electron chi connectivity index (χ0n) is 12.8. The van der Waals surface area contributed by atoms with Crippen molar-refractivity contribution in [2.45, 2.75) is 25.2 Å². The van der Waals surface area contributed by atoms with Crippen molar-refractivity contribution in [2.24, 2.45) is 0 Å². The van der Waals surface area contributed by atoms with Crippen LogP contribution in [0.2, 0.25) is 0 Å².